The smallest absolute Gasteiger partial charge is 0.0799 e. The second kappa shape index (κ2) is 26.8. The van der Waals surface area contributed by atoms with Gasteiger partial charge in [-0.1, -0.05) is 189 Å². The maximum atomic E-state index is 10.3. The van der Waals surface area contributed by atoms with E-state index in [1.54, 1.807) is 22.7 Å². The highest BCUT2D eigenvalue weighted by Gasteiger charge is 2.25. The number of hydrogen-bond acceptors (Lipinski definition) is 10. The monoisotopic (exact) mass is 1060 g/mol. The molecule has 0 saturated carbocycles. The molecule has 1 aliphatic heterocycles. The molecule has 0 saturated heterocycles. The lowest BCUT2D eigenvalue weighted by molar-refractivity contribution is 0.636. The minimum atomic E-state index is -2.17. The summed E-state index contributed by atoms with van der Waals surface area (Å²) in [5, 5.41) is 12.6. The van der Waals surface area contributed by atoms with Crippen molar-refractivity contribution < 1.29 is 7.13 Å². The lowest BCUT2D eigenvalue weighted by Crippen LogP contribution is -1.80. The first kappa shape index (κ1) is 53.4. The summed E-state index contributed by atoms with van der Waals surface area (Å²) in [4.78, 5) is 4.27. The fourth-order valence-corrected chi connectivity index (χ4v) is 17.7. The number of hydrogen-bond donors (Lipinski definition) is 1. The van der Waals surface area contributed by atoms with E-state index in [-0.39, 0.29) is 44.6 Å². The molecule has 6 aromatic carbocycles. The number of benzene rings is 6. The van der Waals surface area contributed by atoms with E-state index in [1.807, 2.05) is 92.8 Å². The van der Waals surface area contributed by atoms with E-state index in [2.05, 4.69) is 175 Å². The van der Waals surface area contributed by atoms with Gasteiger partial charge in [-0.2, -0.15) is 0 Å². The Morgan fingerprint density at radius 2 is 0.894 bits per heavy atom. The van der Waals surface area contributed by atoms with Gasteiger partial charge in [-0.3, -0.25) is 4.39 Å². The second-order valence-electron chi connectivity index (χ2n) is 13.0. The molecule has 11 heteroatoms. The lowest BCUT2D eigenvalue weighted by Gasteiger charge is -2.10. The normalized spacial score (nSPS) is 11.0. The molecule has 13 rings (SSSR count). The van der Waals surface area contributed by atoms with Gasteiger partial charge in [-0.15, -0.1) is 80.6 Å². The minimum absolute atomic E-state index is 0. The maximum Gasteiger partial charge on any atom is 0.0799 e. The molecule has 0 fully saturated rings. The van der Waals surface area contributed by atoms with Crippen molar-refractivity contribution in [3.63, 3.8) is 0 Å². The Bertz CT molecular complexity index is 3210. The fraction of sp³-hybridized carbons (Fsp3) is 0.127. The molecule has 7 heterocycles. The predicted molar refractivity (Wildman–Crippen MR) is 318 cm³/mol. The maximum absolute atomic E-state index is 10.3. The molecule has 344 valence electrons. The zero-order valence-corrected chi connectivity index (χ0v) is 39.6. The van der Waals surface area contributed by atoms with E-state index in [4.69, 9.17) is 2.74 Å². The van der Waals surface area contributed by atoms with Gasteiger partial charge in [0.1, 0.15) is 0 Å². The molecule has 0 nitrogen and oxygen atoms in total. The zero-order valence-electron chi connectivity index (χ0n) is 33.3. The fourth-order valence-electron chi connectivity index (χ4n) is 6.53. The van der Waals surface area contributed by atoms with Gasteiger partial charge in [0.05, 0.1) is 26.7 Å². The van der Waals surface area contributed by atoms with Crippen LogP contribution in [-0.2, 0) is 0 Å². The Kier molecular flexibility index (Phi) is 21.7. The number of alkyl halides is 1. The van der Waals surface area contributed by atoms with E-state index in [0.29, 0.717) is 0 Å². The van der Waals surface area contributed by atoms with E-state index < -0.39 is 7.13 Å². The number of thiophene rings is 6. The van der Waals surface area contributed by atoms with Crippen LogP contribution in [0.15, 0.2) is 206 Å². The van der Waals surface area contributed by atoms with Crippen molar-refractivity contribution in [2.45, 2.75) is 76.1 Å². The molecule has 0 aliphatic carbocycles. The third-order valence-corrected chi connectivity index (χ3v) is 20.4. The van der Waals surface area contributed by atoms with Gasteiger partial charge in [0.15, 0.2) is 0 Å². The number of thiol groups is 1. The summed E-state index contributed by atoms with van der Waals surface area (Å²) in [7, 11) is -2.17. The summed E-state index contributed by atoms with van der Waals surface area (Å²) < 4.78 is 35.1. The third-order valence-electron chi connectivity index (χ3n) is 9.26. The van der Waals surface area contributed by atoms with Crippen molar-refractivity contribution in [1.29, 1.82) is 0 Å². The molecule has 1 aliphatic rings. The number of fused-ring (bicyclic) bond motifs is 10. The summed E-state index contributed by atoms with van der Waals surface area (Å²) in [6.07, 6.45) is 0. The molecule has 0 unspecified atom stereocenters. The summed E-state index contributed by atoms with van der Waals surface area (Å²) >= 11 is 21.1. The summed E-state index contributed by atoms with van der Waals surface area (Å²) in [6.45, 7) is 0. The van der Waals surface area contributed by atoms with Crippen molar-refractivity contribution in [2.75, 3.05) is 7.13 Å². The Hall–Kier alpha value is -3.59. The average molecular weight is 1060 g/mol. The van der Waals surface area contributed by atoms with Crippen molar-refractivity contribution in [1.82, 2.24) is 0 Å². The molecule has 0 radical (unpaired) electrons. The van der Waals surface area contributed by atoms with Crippen molar-refractivity contribution in [3.8, 4) is 0 Å². The highest BCUT2D eigenvalue weighted by molar-refractivity contribution is 8.08. The predicted octanol–water partition coefficient (Wildman–Crippen LogP) is 23.5. The van der Waals surface area contributed by atoms with Crippen LogP contribution in [0, 0.1) is 0 Å². The first-order valence-electron chi connectivity index (χ1n) is 19.6. The van der Waals surface area contributed by atoms with E-state index >= 15 is 0 Å². The molecule has 0 N–H and O–H groups in total. The largest absolute Gasteiger partial charge is 0.255 e. The summed E-state index contributed by atoms with van der Waals surface area (Å²) in [6, 6.07) is 57.9. The van der Waals surface area contributed by atoms with Crippen LogP contribution in [0.1, 0.15) is 47.3 Å². The van der Waals surface area contributed by atoms with Crippen LogP contribution in [0.4, 0.5) is 4.39 Å². The highest BCUT2D eigenvalue weighted by atomic mass is 32.2. The standard InChI is InChI=1S/C16H8S4.C16H10S3.C8H6S2.C8H6S.CH3F.6CH4/c1-3-7-11-9(5-1)13-15(17-11)20-14-10-6-2-4-8-12(10)18-16(14)19-13;1-3-7-13-11(5-1)9-16(18-13)19-15-10-17-14-8-4-2-6-12(14)15;9-8-5-6-3-1-2-4-7(6)10-8;1-2-4-8-7(3-1)5-6-9-8;1-2;;;;;;/h1-8H;1-10H;1-5,9H;1-6H;1H3;6*1H4/i;;;;1D2;;;;;;. The van der Waals surface area contributed by atoms with Crippen LogP contribution in [0.5, 0.6) is 0 Å². The molecule has 0 amide bonds. The van der Waals surface area contributed by atoms with E-state index in [1.165, 1.54) is 87.8 Å². The van der Waals surface area contributed by atoms with Crippen LogP contribution < -0.4 is 0 Å². The topological polar surface area (TPSA) is 0 Å². The van der Waals surface area contributed by atoms with Gasteiger partial charge in [0, 0.05) is 64.4 Å². The Morgan fingerprint density at radius 1 is 0.455 bits per heavy atom. The lowest BCUT2D eigenvalue weighted by atomic mass is 10.3. The Labute approximate surface area is 437 Å². The van der Waals surface area contributed by atoms with Crippen LogP contribution in [-0.4, -0.2) is 7.13 Å². The van der Waals surface area contributed by atoms with Crippen molar-refractivity contribution in [3.05, 3.63) is 175 Å². The average Bonchev–Trinajstić information content (AvgIpc) is 4.15. The summed E-state index contributed by atoms with van der Waals surface area (Å²) in [5.41, 5.74) is 0. The van der Waals surface area contributed by atoms with Crippen molar-refractivity contribution in [2.24, 2.45) is 0 Å². The molecular formula is C55H57FS10. The minimum Gasteiger partial charge on any atom is -0.255 e. The molecule has 0 spiro atoms. The van der Waals surface area contributed by atoms with E-state index in [0.717, 1.165) is 4.21 Å². The van der Waals surface area contributed by atoms with Gasteiger partial charge in [0.25, 0.3) is 0 Å². The van der Waals surface area contributed by atoms with E-state index in [9.17, 15) is 4.39 Å². The SMILES string of the molecule is C.C.C.C.C.C.Sc1cc2ccccc2s1.[2H]C([2H])F.c1ccc2c3c(sc2c1)Sc1c(sc2ccccc12)S3.c1ccc2sc(Sc3csc4ccccc34)cc2c1.c1ccc2sccc2c1. The molecular weight excluding hydrogens is 1000 g/mol. The zero-order chi connectivity index (χ0) is 42.4. The Morgan fingerprint density at radius 3 is 1.42 bits per heavy atom. The third kappa shape index (κ3) is 12.7. The van der Waals surface area contributed by atoms with Crippen LogP contribution >= 0.6 is 116 Å². The van der Waals surface area contributed by atoms with Gasteiger partial charge in [-0.05, 0) is 76.1 Å². The van der Waals surface area contributed by atoms with Gasteiger partial charge in [0.2, 0.25) is 0 Å². The molecule has 0 bridgehead atoms. The van der Waals surface area contributed by atoms with Crippen LogP contribution in [0.3, 0.4) is 0 Å². The molecule has 12 aromatic rings. The second-order valence-corrected chi connectivity index (χ2v) is 23.8. The number of halogens is 1. The van der Waals surface area contributed by atoms with Crippen LogP contribution in [0.2, 0.25) is 0 Å². The number of rotatable bonds is 2. The van der Waals surface area contributed by atoms with Crippen molar-refractivity contribution >= 4 is 176 Å². The van der Waals surface area contributed by atoms with Gasteiger partial charge < -0.3 is 0 Å². The Balaban J connectivity index is 0.000000237. The molecule has 6 aromatic heterocycles. The highest BCUT2D eigenvalue weighted by Crippen LogP contribution is 2.59. The summed E-state index contributed by atoms with van der Waals surface area (Å²) in [5.74, 6) is 0. The first-order chi connectivity index (χ1) is 30.4. The molecule has 66 heavy (non-hydrogen) atoms. The molecule has 0 atom stereocenters. The van der Waals surface area contributed by atoms with Gasteiger partial charge >= 0.3 is 0 Å². The van der Waals surface area contributed by atoms with Crippen LogP contribution in [0.25, 0.3) is 60.5 Å². The van der Waals surface area contributed by atoms with Gasteiger partial charge in [-0.25, -0.2) is 0 Å². The first-order valence-corrected chi connectivity index (χ1v) is 26.4. The quantitative estimate of drug-likeness (QED) is 0.172.